The molecule has 0 radical (unpaired) electrons. The van der Waals surface area contributed by atoms with Gasteiger partial charge in [0.2, 0.25) is 0 Å². The van der Waals surface area contributed by atoms with Crippen molar-refractivity contribution in [1.82, 2.24) is 4.68 Å². The first-order valence-corrected chi connectivity index (χ1v) is 5.14. The van der Waals surface area contributed by atoms with Crippen LogP contribution in [0, 0.1) is 0 Å². The lowest BCUT2D eigenvalue weighted by atomic mass is 10.2. The van der Waals surface area contributed by atoms with Gasteiger partial charge in [0.15, 0.2) is 5.43 Å². The smallest absolute Gasteiger partial charge is 0.426 e. The van der Waals surface area contributed by atoms with Gasteiger partial charge in [-0.1, -0.05) is 0 Å². The zero-order chi connectivity index (χ0) is 13.9. The SMILES string of the molecule is CC(C)(C)OC(=O)Nn1ccc(=O)c(C(=O)O)c1. The third kappa shape index (κ3) is 3.93. The Bertz CT molecular complexity index is 527. The number of carboxylic acid groups (broad SMARTS) is 1. The summed E-state index contributed by atoms with van der Waals surface area (Å²) in [5.74, 6) is -1.36. The Morgan fingerprint density at radius 3 is 2.50 bits per heavy atom. The van der Waals surface area contributed by atoms with Gasteiger partial charge in [-0.3, -0.25) is 9.47 Å². The third-order valence-electron chi connectivity index (χ3n) is 1.77. The van der Waals surface area contributed by atoms with Crippen LogP contribution in [0.3, 0.4) is 0 Å². The number of pyridine rings is 1. The molecule has 0 saturated carbocycles. The predicted octanol–water partition coefficient (Wildman–Crippen LogP) is 1.03. The first-order valence-electron chi connectivity index (χ1n) is 5.14. The molecule has 1 amide bonds. The van der Waals surface area contributed by atoms with Gasteiger partial charge in [-0.05, 0) is 20.8 Å². The fraction of sp³-hybridized carbons (Fsp3) is 0.364. The fourth-order valence-corrected chi connectivity index (χ4v) is 1.12. The van der Waals surface area contributed by atoms with E-state index < -0.39 is 28.7 Å². The van der Waals surface area contributed by atoms with Crippen LogP contribution in [-0.2, 0) is 4.74 Å². The summed E-state index contributed by atoms with van der Waals surface area (Å²) < 4.78 is 6.03. The van der Waals surface area contributed by atoms with E-state index in [4.69, 9.17) is 9.84 Å². The van der Waals surface area contributed by atoms with E-state index in [1.807, 2.05) is 0 Å². The molecule has 0 spiro atoms. The number of hydrogen-bond donors (Lipinski definition) is 2. The number of carbonyl (C=O) groups is 2. The summed E-state index contributed by atoms with van der Waals surface area (Å²) in [5.41, 5.74) is 0.535. The van der Waals surface area contributed by atoms with Crippen LogP contribution in [-0.4, -0.2) is 27.4 Å². The molecule has 0 aliphatic carbocycles. The van der Waals surface area contributed by atoms with Crippen LogP contribution < -0.4 is 10.9 Å². The summed E-state index contributed by atoms with van der Waals surface area (Å²) in [5, 5.41) is 8.75. The van der Waals surface area contributed by atoms with E-state index in [0.29, 0.717) is 0 Å². The Morgan fingerprint density at radius 2 is 2.00 bits per heavy atom. The topological polar surface area (TPSA) is 97.6 Å². The molecule has 0 aliphatic rings. The molecule has 1 heterocycles. The van der Waals surface area contributed by atoms with Crippen LogP contribution in [0.5, 0.6) is 0 Å². The van der Waals surface area contributed by atoms with Crippen molar-refractivity contribution in [2.24, 2.45) is 0 Å². The van der Waals surface area contributed by atoms with Gasteiger partial charge >= 0.3 is 12.1 Å². The summed E-state index contributed by atoms with van der Waals surface area (Å²) in [4.78, 5) is 33.3. The molecule has 18 heavy (non-hydrogen) atoms. The molecule has 1 aromatic heterocycles. The first kappa shape index (κ1) is 13.8. The highest BCUT2D eigenvalue weighted by molar-refractivity contribution is 5.87. The quantitative estimate of drug-likeness (QED) is 0.821. The normalized spacial score (nSPS) is 10.8. The predicted molar refractivity (Wildman–Crippen MR) is 63.3 cm³/mol. The first-order chi connectivity index (χ1) is 8.19. The minimum Gasteiger partial charge on any atom is -0.477 e. The largest absolute Gasteiger partial charge is 0.477 e. The summed E-state index contributed by atoms with van der Waals surface area (Å²) in [6.07, 6.45) is 1.50. The highest BCUT2D eigenvalue weighted by Crippen LogP contribution is 2.06. The highest BCUT2D eigenvalue weighted by Gasteiger charge is 2.16. The molecule has 2 N–H and O–H groups in total. The van der Waals surface area contributed by atoms with Crippen LogP contribution in [0.2, 0.25) is 0 Å². The van der Waals surface area contributed by atoms with Crippen molar-refractivity contribution < 1.29 is 19.4 Å². The molecule has 7 heteroatoms. The maximum atomic E-state index is 11.4. The van der Waals surface area contributed by atoms with E-state index in [-0.39, 0.29) is 0 Å². The maximum absolute atomic E-state index is 11.4. The van der Waals surface area contributed by atoms with E-state index in [9.17, 15) is 14.4 Å². The molecular weight excluding hydrogens is 240 g/mol. The van der Waals surface area contributed by atoms with Crippen LogP contribution >= 0.6 is 0 Å². The molecule has 0 aliphatic heterocycles. The van der Waals surface area contributed by atoms with E-state index in [2.05, 4.69) is 5.43 Å². The lowest BCUT2D eigenvalue weighted by Gasteiger charge is -2.20. The Balaban J connectivity index is 2.86. The lowest BCUT2D eigenvalue weighted by molar-refractivity contribution is 0.0609. The van der Waals surface area contributed by atoms with Gasteiger partial charge in [0.05, 0.1) is 0 Å². The Morgan fingerprint density at radius 1 is 1.39 bits per heavy atom. The average molecular weight is 254 g/mol. The Hall–Kier alpha value is -2.31. The minimum atomic E-state index is -1.36. The molecule has 0 atom stereocenters. The van der Waals surface area contributed by atoms with Gasteiger partial charge in [-0.15, -0.1) is 0 Å². The molecular formula is C11H14N2O5. The van der Waals surface area contributed by atoms with Gasteiger partial charge < -0.3 is 9.84 Å². The molecule has 1 rings (SSSR count). The number of hydrogen-bond acceptors (Lipinski definition) is 4. The van der Waals surface area contributed by atoms with Crippen molar-refractivity contribution >= 4 is 12.1 Å². The molecule has 0 bridgehead atoms. The molecule has 1 aromatic rings. The number of aromatic nitrogens is 1. The van der Waals surface area contributed by atoms with Crippen LogP contribution in [0.1, 0.15) is 31.1 Å². The van der Waals surface area contributed by atoms with Crippen molar-refractivity contribution in [2.75, 3.05) is 5.43 Å². The Labute approximate surface area is 103 Å². The van der Waals surface area contributed by atoms with Gasteiger partial charge in [0.1, 0.15) is 11.2 Å². The van der Waals surface area contributed by atoms with Gasteiger partial charge in [0, 0.05) is 18.5 Å². The highest BCUT2D eigenvalue weighted by atomic mass is 16.6. The van der Waals surface area contributed by atoms with E-state index in [1.54, 1.807) is 20.8 Å². The number of aromatic carboxylic acids is 1. The maximum Gasteiger partial charge on any atom is 0.426 e. The molecule has 0 saturated heterocycles. The molecule has 0 aromatic carbocycles. The lowest BCUT2D eigenvalue weighted by Crippen LogP contribution is -2.32. The fourth-order valence-electron chi connectivity index (χ4n) is 1.12. The monoisotopic (exact) mass is 254 g/mol. The zero-order valence-electron chi connectivity index (χ0n) is 10.3. The average Bonchev–Trinajstić information content (AvgIpc) is 2.17. The number of rotatable bonds is 2. The summed E-state index contributed by atoms with van der Waals surface area (Å²) in [7, 11) is 0. The Kier molecular flexibility index (Phi) is 3.75. The second-order valence-corrected chi connectivity index (χ2v) is 4.55. The standard InChI is InChI=1S/C11H14N2O5/c1-11(2,3)18-10(17)12-13-5-4-8(14)7(6-13)9(15)16/h4-6H,1-3H3,(H,12,17)(H,15,16). The van der Waals surface area contributed by atoms with Crippen molar-refractivity contribution in [3.8, 4) is 0 Å². The number of nitrogens with zero attached hydrogens (tertiary/aromatic N) is 1. The second kappa shape index (κ2) is 4.91. The van der Waals surface area contributed by atoms with Crippen molar-refractivity contribution in [1.29, 1.82) is 0 Å². The van der Waals surface area contributed by atoms with Crippen molar-refractivity contribution in [3.05, 3.63) is 34.2 Å². The molecule has 7 nitrogen and oxygen atoms in total. The third-order valence-corrected chi connectivity index (χ3v) is 1.77. The number of nitrogens with one attached hydrogen (secondary N) is 1. The van der Waals surface area contributed by atoms with E-state index >= 15 is 0 Å². The van der Waals surface area contributed by atoms with Crippen LogP contribution in [0.15, 0.2) is 23.3 Å². The number of ether oxygens (including phenoxy) is 1. The molecule has 0 unspecified atom stereocenters. The number of carbonyl (C=O) groups excluding carboxylic acids is 1. The summed E-state index contributed by atoms with van der Waals surface area (Å²) >= 11 is 0. The van der Waals surface area contributed by atoms with Gasteiger partial charge in [0.25, 0.3) is 0 Å². The summed E-state index contributed by atoms with van der Waals surface area (Å²) in [6, 6.07) is 1.04. The van der Waals surface area contributed by atoms with Crippen LogP contribution in [0.4, 0.5) is 4.79 Å². The zero-order valence-corrected chi connectivity index (χ0v) is 10.3. The molecule has 0 fully saturated rings. The second-order valence-electron chi connectivity index (χ2n) is 4.55. The van der Waals surface area contributed by atoms with Gasteiger partial charge in [-0.2, -0.15) is 0 Å². The van der Waals surface area contributed by atoms with Crippen molar-refractivity contribution in [3.63, 3.8) is 0 Å². The number of amides is 1. The minimum absolute atomic E-state index is 0.437. The van der Waals surface area contributed by atoms with E-state index in [0.717, 1.165) is 16.9 Å². The van der Waals surface area contributed by atoms with Gasteiger partial charge in [-0.25, -0.2) is 15.0 Å². The van der Waals surface area contributed by atoms with Crippen LogP contribution in [0.25, 0.3) is 0 Å². The van der Waals surface area contributed by atoms with E-state index in [1.165, 1.54) is 6.20 Å². The number of carboxylic acids is 1. The molecule has 98 valence electrons. The van der Waals surface area contributed by atoms with Crippen molar-refractivity contribution in [2.45, 2.75) is 26.4 Å². The summed E-state index contributed by atoms with van der Waals surface area (Å²) in [6.45, 7) is 5.09.